The standard InChI is InChI=1S/C13H16F3N3O/c14-13(15,16)6-9-19-10(2-7-17-19)11(20)18-8-1-3-12(18)4-5-12/h2,7H,1,3-6,8-9H2. The van der Waals surface area contributed by atoms with Gasteiger partial charge in [0, 0.05) is 18.3 Å². The van der Waals surface area contributed by atoms with Crippen molar-refractivity contribution in [2.75, 3.05) is 6.54 Å². The molecule has 20 heavy (non-hydrogen) atoms. The summed E-state index contributed by atoms with van der Waals surface area (Å²) >= 11 is 0. The Morgan fingerprint density at radius 1 is 1.35 bits per heavy atom. The zero-order valence-corrected chi connectivity index (χ0v) is 11.0. The molecule has 1 aromatic heterocycles. The lowest BCUT2D eigenvalue weighted by atomic mass is 10.2. The predicted molar refractivity (Wildman–Crippen MR) is 65.1 cm³/mol. The van der Waals surface area contributed by atoms with Crippen LogP contribution in [0, 0.1) is 0 Å². The van der Waals surface area contributed by atoms with Crippen LogP contribution in [0.5, 0.6) is 0 Å². The van der Waals surface area contributed by atoms with Gasteiger partial charge in [0.1, 0.15) is 5.69 Å². The van der Waals surface area contributed by atoms with E-state index in [-0.39, 0.29) is 23.7 Å². The fourth-order valence-corrected chi connectivity index (χ4v) is 2.98. The van der Waals surface area contributed by atoms with Gasteiger partial charge in [0.25, 0.3) is 5.91 Å². The second kappa shape index (κ2) is 4.49. The third kappa shape index (κ3) is 2.41. The highest BCUT2D eigenvalue weighted by Crippen LogP contribution is 2.49. The van der Waals surface area contributed by atoms with Crippen LogP contribution in [0.3, 0.4) is 0 Å². The predicted octanol–water partition coefficient (Wildman–Crippen LogP) is 2.60. The number of hydrogen-bond acceptors (Lipinski definition) is 2. The summed E-state index contributed by atoms with van der Waals surface area (Å²) in [6.45, 7) is 0.391. The van der Waals surface area contributed by atoms with Crippen molar-refractivity contribution in [3.8, 4) is 0 Å². The minimum absolute atomic E-state index is 0.00376. The van der Waals surface area contributed by atoms with Crippen molar-refractivity contribution in [3.05, 3.63) is 18.0 Å². The van der Waals surface area contributed by atoms with E-state index < -0.39 is 12.6 Å². The van der Waals surface area contributed by atoms with Gasteiger partial charge in [-0.05, 0) is 31.7 Å². The lowest BCUT2D eigenvalue weighted by Crippen LogP contribution is -2.38. The van der Waals surface area contributed by atoms with E-state index in [2.05, 4.69) is 5.10 Å². The van der Waals surface area contributed by atoms with Crippen LogP contribution in [0.1, 0.15) is 42.6 Å². The molecule has 0 bridgehead atoms. The van der Waals surface area contributed by atoms with Gasteiger partial charge in [-0.2, -0.15) is 18.3 Å². The van der Waals surface area contributed by atoms with E-state index in [4.69, 9.17) is 0 Å². The summed E-state index contributed by atoms with van der Waals surface area (Å²) in [6, 6.07) is 1.51. The van der Waals surface area contributed by atoms with E-state index in [1.807, 2.05) is 4.90 Å². The number of nitrogens with zero attached hydrogens (tertiary/aromatic N) is 3. The highest BCUT2D eigenvalue weighted by Gasteiger charge is 2.53. The maximum Gasteiger partial charge on any atom is 0.390 e. The first kappa shape index (κ1) is 13.5. The van der Waals surface area contributed by atoms with Crippen molar-refractivity contribution >= 4 is 5.91 Å². The average molecular weight is 287 g/mol. The largest absolute Gasteiger partial charge is 0.390 e. The Morgan fingerprint density at radius 3 is 2.75 bits per heavy atom. The van der Waals surface area contributed by atoms with Gasteiger partial charge in [-0.15, -0.1) is 0 Å². The van der Waals surface area contributed by atoms with Gasteiger partial charge in [0.05, 0.1) is 13.0 Å². The van der Waals surface area contributed by atoms with Crippen molar-refractivity contribution in [1.29, 1.82) is 0 Å². The third-order valence-electron chi connectivity index (χ3n) is 4.21. The number of amides is 1. The Labute approximate surface area is 114 Å². The molecular weight excluding hydrogens is 271 g/mol. The van der Waals surface area contributed by atoms with Crippen LogP contribution in [0.2, 0.25) is 0 Å². The van der Waals surface area contributed by atoms with Crippen LogP contribution in [-0.4, -0.2) is 38.8 Å². The first-order chi connectivity index (χ1) is 9.41. The maximum atomic E-state index is 12.5. The van der Waals surface area contributed by atoms with E-state index in [0.29, 0.717) is 6.54 Å². The minimum atomic E-state index is -4.24. The third-order valence-corrected chi connectivity index (χ3v) is 4.21. The lowest BCUT2D eigenvalue weighted by Gasteiger charge is -2.24. The zero-order valence-electron chi connectivity index (χ0n) is 11.0. The van der Waals surface area contributed by atoms with E-state index in [1.165, 1.54) is 16.9 Å². The van der Waals surface area contributed by atoms with Crippen molar-refractivity contribution in [3.63, 3.8) is 0 Å². The van der Waals surface area contributed by atoms with Gasteiger partial charge in [0.2, 0.25) is 0 Å². The molecule has 1 aliphatic carbocycles. The molecule has 1 aliphatic heterocycles. The summed E-state index contributed by atoms with van der Waals surface area (Å²) in [4.78, 5) is 14.3. The smallest absolute Gasteiger partial charge is 0.332 e. The van der Waals surface area contributed by atoms with Crippen LogP contribution in [-0.2, 0) is 6.54 Å². The van der Waals surface area contributed by atoms with E-state index in [0.717, 1.165) is 25.7 Å². The molecule has 1 amide bonds. The SMILES string of the molecule is O=C(c1ccnn1CCC(F)(F)F)N1CCCC12CC2. The summed E-state index contributed by atoms with van der Waals surface area (Å²) in [5.41, 5.74) is 0.262. The Morgan fingerprint density at radius 2 is 2.10 bits per heavy atom. The van der Waals surface area contributed by atoms with Gasteiger partial charge < -0.3 is 4.90 Å². The lowest BCUT2D eigenvalue weighted by molar-refractivity contribution is -0.137. The number of alkyl halides is 3. The molecule has 110 valence electrons. The average Bonchev–Trinajstić information content (AvgIpc) is 2.84. The van der Waals surface area contributed by atoms with Crippen LogP contribution in [0.25, 0.3) is 0 Å². The fourth-order valence-electron chi connectivity index (χ4n) is 2.98. The molecule has 0 unspecified atom stereocenters. The van der Waals surface area contributed by atoms with E-state index in [9.17, 15) is 18.0 Å². The minimum Gasteiger partial charge on any atom is -0.332 e. The molecule has 7 heteroatoms. The molecule has 2 fully saturated rings. The number of halogens is 3. The zero-order chi connectivity index (χ0) is 14.4. The van der Waals surface area contributed by atoms with Crippen LogP contribution < -0.4 is 0 Å². The molecule has 2 heterocycles. The summed E-state index contributed by atoms with van der Waals surface area (Å²) in [7, 11) is 0. The number of hydrogen-bond donors (Lipinski definition) is 0. The Balaban J connectivity index is 1.74. The molecule has 2 aliphatic rings. The first-order valence-electron chi connectivity index (χ1n) is 6.82. The molecule has 1 spiro atoms. The van der Waals surface area contributed by atoms with Gasteiger partial charge in [-0.3, -0.25) is 9.48 Å². The summed E-state index contributed by atoms with van der Waals surface area (Å²) < 4.78 is 38.0. The van der Waals surface area contributed by atoms with Crippen molar-refractivity contribution in [2.45, 2.75) is 50.4 Å². The number of rotatable bonds is 3. The van der Waals surface area contributed by atoms with E-state index >= 15 is 0 Å². The second-order valence-corrected chi connectivity index (χ2v) is 5.59. The highest BCUT2D eigenvalue weighted by molar-refractivity contribution is 5.93. The Kier molecular flexibility index (Phi) is 3.02. The molecule has 0 N–H and O–H groups in total. The van der Waals surface area contributed by atoms with E-state index in [1.54, 1.807) is 0 Å². The number of carbonyl (C=O) groups excluding carboxylic acids is 1. The maximum absolute atomic E-state index is 12.5. The molecule has 3 rings (SSSR count). The van der Waals surface area contributed by atoms with Gasteiger partial charge >= 0.3 is 6.18 Å². The number of carbonyl (C=O) groups is 1. The number of likely N-dealkylation sites (tertiary alicyclic amines) is 1. The van der Waals surface area contributed by atoms with Crippen LogP contribution >= 0.6 is 0 Å². The molecule has 1 saturated carbocycles. The van der Waals surface area contributed by atoms with Crippen LogP contribution in [0.15, 0.2) is 12.3 Å². The molecule has 1 aromatic rings. The molecular formula is C13H16F3N3O. The molecule has 0 atom stereocenters. The normalized spacial score (nSPS) is 20.6. The quantitative estimate of drug-likeness (QED) is 0.857. The van der Waals surface area contributed by atoms with Gasteiger partial charge in [0.15, 0.2) is 0 Å². The molecule has 0 aromatic carbocycles. The molecule has 1 saturated heterocycles. The van der Waals surface area contributed by atoms with Crippen molar-refractivity contribution in [1.82, 2.24) is 14.7 Å². The summed E-state index contributed by atoms with van der Waals surface area (Å²) in [5.74, 6) is -0.181. The van der Waals surface area contributed by atoms with Gasteiger partial charge in [-0.1, -0.05) is 0 Å². The fraction of sp³-hybridized carbons (Fsp3) is 0.692. The van der Waals surface area contributed by atoms with Crippen molar-refractivity contribution in [2.24, 2.45) is 0 Å². The number of aromatic nitrogens is 2. The Hall–Kier alpha value is -1.53. The number of aryl methyl sites for hydroxylation is 1. The summed E-state index contributed by atoms with van der Waals surface area (Å²) in [5, 5.41) is 3.85. The monoisotopic (exact) mass is 287 g/mol. The molecule has 4 nitrogen and oxygen atoms in total. The first-order valence-corrected chi connectivity index (χ1v) is 6.82. The highest BCUT2D eigenvalue weighted by atomic mass is 19.4. The second-order valence-electron chi connectivity index (χ2n) is 5.59. The Bertz CT molecular complexity index is 519. The van der Waals surface area contributed by atoms with Gasteiger partial charge in [-0.25, -0.2) is 0 Å². The summed E-state index contributed by atoms with van der Waals surface area (Å²) in [6.07, 6.45) is 0.180. The molecule has 0 radical (unpaired) electrons. The van der Waals surface area contributed by atoms with Crippen LogP contribution in [0.4, 0.5) is 13.2 Å². The topological polar surface area (TPSA) is 38.1 Å². The van der Waals surface area contributed by atoms with Crippen molar-refractivity contribution < 1.29 is 18.0 Å².